The van der Waals surface area contributed by atoms with Crippen molar-refractivity contribution in [2.75, 3.05) is 20.2 Å². The van der Waals surface area contributed by atoms with E-state index >= 15 is 0 Å². The van der Waals surface area contributed by atoms with Crippen molar-refractivity contribution < 1.29 is 13.9 Å². The third-order valence-electron chi connectivity index (χ3n) is 6.29. The van der Waals surface area contributed by atoms with Crippen molar-refractivity contribution in [1.29, 1.82) is 0 Å². The highest BCUT2D eigenvalue weighted by molar-refractivity contribution is 7.21. The van der Waals surface area contributed by atoms with Crippen molar-refractivity contribution in [1.82, 2.24) is 10.2 Å². The summed E-state index contributed by atoms with van der Waals surface area (Å²) in [5, 5.41) is 4.18. The monoisotopic (exact) mass is 360 g/mol. The first-order chi connectivity index (χ1) is 12.1. The van der Waals surface area contributed by atoms with Gasteiger partial charge in [0, 0.05) is 5.54 Å². The molecule has 0 unspecified atom stereocenters. The predicted octanol–water partition coefficient (Wildman–Crippen LogP) is 3.41. The topological polar surface area (TPSA) is 41.6 Å². The molecule has 1 aromatic carbocycles. The molecule has 6 heteroatoms. The van der Waals surface area contributed by atoms with Crippen molar-refractivity contribution >= 4 is 27.3 Å². The summed E-state index contributed by atoms with van der Waals surface area (Å²) >= 11 is 1.31. The average molecular weight is 360 g/mol. The zero-order chi connectivity index (χ0) is 17.2. The van der Waals surface area contributed by atoms with Crippen LogP contribution in [-0.4, -0.2) is 42.6 Å². The van der Waals surface area contributed by atoms with Crippen LogP contribution in [0.4, 0.5) is 4.39 Å². The Bertz CT molecular complexity index is 852. The molecular weight excluding hydrogens is 339 g/mol. The van der Waals surface area contributed by atoms with Crippen LogP contribution in [0.1, 0.15) is 35.4 Å². The largest absolute Gasteiger partial charge is 0.492 e. The van der Waals surface area contributed by atoms with E-state index in [1.54, 1.807) is 6.07 Å². The van der Waals surface area contributed by atoms with Crippen molar-refractivity contribution in [3.05, 3.63) is 28.9 Å². The molecule has 1 amide bonds. The van der Waals surface area contributed by atoms with Gasteiger partial charge in [-0.3, -0.25) is 9.69 Å². The highest BCUT2D eigenvalue weighted by Crippen LogP contribution is 2.53. The number of amides is 1. The van der Waals surface area contributed by atoms with Gasteiger partial charge in [-0.15, -0.1) is 11.3 Å². The molecule has 4 heterocycles. The van der Waals surface area contributed by atoms with E-state index in [2.05, 4.69) is 10.2 Å². The first kappa shape index (κ1) is 15.6. The molecule has 2 bridgehead atoms. The molecule has 132 valence electrons. The van der Waals surface area contributed by atoms with Crippen LogP contribution < -0.4 is 10.1 Å². The Morgan fingerprint density at radius 1 is 1.36 bits per heavy atom. The number of carbonyl (C=O) groups excluding carboxylic acids is 1. The number of piperidine rings is 3. The summed E-state index contributed by atoms with van der Waals surface area (Å²) in [4.78, 5) is 16.1. The Morgan fingerprint density at radius 2 is 2.12 bits per heavy atom. The second-order valence-electron chi connectivity index (χ2n) is 7.49. The van der Waals surface area contributed by atoms with Crippen LogP contribution in [-0.2, 0) is 0 Å². The minimum Gasteiger partial charge on any atom is -0.492 e. The summed E-state index contributed by atoms with van der Waals surface area (Å²) in [6.45, 7) is 2.35. The summed E-state index contributed by atoms with van der Waals surface area (Å²) in [6.07, 6.45) is 4.75. The highest BCUT2D eigenvalue weighted by atomic mass is 32.1. The smallest absolute Gasteiger partial charge is 0.261 e. The summed E-state index contributed by atoms with van der Waals surface area (Å²) in [6, 6.07) is 5.20. The van der Waals surface area contributed by atoms with Gasteiger partial charge < -0.3 is 10.1 Å². The second kappa shape index (κ2) is 5.42. The SMILES string of the molecule is COc1c(F)ccc2cc(C(=O)N[C@H]3C4CCN(CC4)C34CC4)sc12. The number of ether oxygens (including phenoxy) is 1. The summed E-state index contributed by atoms with van der Waals surface area (Å²) < 4.78 is 19.8. The van der Waals surface area contributed by atoms with Gasteiger partial charge in [-0.2, -0.15) is 0 Å². The Labute approximate surface area is 150 Å². The molecule has 4 fully saturated rings. The fourth-order valence-electron chi connectivity index (χ4n) is 4.89. The minimum atomic E-state index is -0.391. The number of nitrogens with one attached hydrogen (secondary N) is 1. The van der Waals surface area contributed by atoms with Crippen LogP contribution in [0.3, 0.4) is 0 Å². The van der Waals surface area contributed by atoms with E-state index in [4.69, 9.17) is 4.74 Å². The number of halogens is 1. The number of rotatable bonds is 3. The number of methoxy groups -OCH3 is 1. The molecule has 25 heavy (non-hydrogen) atoms. The average Bonchev–Trinajstić information content (AvgIpc) is 3.28. The van der Waals surface area contributed by atoms with Gasteiger partial charge in [-0.25, -0.2) is 4.39 Å². The number of fused-ring (bicyclic) bond motifs is 3. The summed E-state index contributed by atoms with van der Waals surface area (Å²) in [5.41, 5.74) is 0.220. The van der Waals surface area contributed by atoms with Gasteiger partial charge in [0.2, 0.25) is 0 Å². The molecule has 6 rings (SSSR count). The number of thiophene rings is 1. The van der Waals surface area contributed by atoms with E-state index in [1.807, 2.05) is 6.07 Å². The van der Waals surface area contributed by atoms with Crippen LogP contribution in [0.15, 0.2) is 18.2 Å². The summed E-state index contributed by atoms with van der Waals surface area (Å²) in [5.74, 6) is 0.396. The fourth-order valence-corrected chi connectivity index (χ4v) is 5.96. The van der Waals surface area contributed by atoms with Crippen molar-refractivity contribution in [3.63, 3.8) is 0 Å². The zero-order valence-corrected chi connectivity index (χ0v) is 15.0. The van der Waals surface area contributed by atoms with Gasteiger partial charge in [-0.05, 0) is 62.2 Å². The van der Waals surface area contributed by atoms with E-state index in [-0.39, 0.29) is 23.2 Å². The van der Waals surface area contributed by atoms with Gasteiger partial charge in [0.1, 0.15) is 0 Å². The van der Waals surface area contributed by atoms with E-state index in [1.165, 1.54) is 63.3 Å². The van der Waals surface area contributed by atoms with Crippen LogP contribution in [0.25, 0.3) is 10.1 Å². The molecule has 4 nitrogen and oxygen atoms in total. The minimum absolute atomic E-state index is 0.0336. The van der Waals surface area contributed by atoms with Gasteiger partial charge in [0.15, 0.2) is 11.6 Å². The zero-order valence-electron chi connectivity index (χ0n) is 14.2. The molecule has 3 saturated heterocycles. The molecule has 3 aliphatic heterocycles. The highest BCUT2D eigenvalue weighted by Gasteiger charge is 2.60. The van der Waals surface area contributed by atoms with Crippen molar-refractivity contribution in [3.8, 4) is 5.75 Å². The maximum Gasteiger partial charge on any atom is 0.261 e. The fraction of sp³-hybridized carbons (Fsp3) is 0.526. The van der Waals surface area contributed by atoms with Gasteiger partial charge in [0.25, 0.3) is 5.91 Å². The Morgan fingerprint density at radius 3 is 2.80 bits per heavy atom. The lowest BCUT2D eigenvalue weighted by atomic mass is 9.77. The standard InChI is InChI=1S/C19H21FN2O2S/c1-24-15-13(20)3-2-12-10-14(25-16(12)15)18(23)21-17-11-4-8-22(9-5-11)19(17)6-7-19/h2-3,10-11,17H,4-9H2,1H3,(H,21,23)/t17-/m0/s1. The molecule has 1 aromatic heterocycles. The van der Waals surface area contributed by atoms with E-state index < -0.39 is 5.82 Å². The maximum absolute atomic E-state index is 13.9. The normalized spacial score (nSPS) is 29.1. The van der Waals surface area contributed by atoms with Gasteiger partial charge in [0.05, 0.1) is 22.7 Å². The number of hydrogen-bond acceptors (Lipinski definition) is 4. The van der Waals surface area contributed by atoms with E-state index in [0.717, 1.165) is 5.39 Å². The molecule has 1 spiro atoms. The van der Waals surface area contributed by atoms with Gasteiger partial charge >= 0.3 is 0 Å². The van der Waals surface area contributed by atoms with Crippen LogP contribution >= 0.6 is 11.3 Å². The Balaban J connectivity index is 1.44. The van der Waals surface area contributed by atoms with Crippen LogP contribution in [0.2, 0.25) is 0 Å². The third-order valence-corrected chi connectivity index (χ3v) is 7.44. The maximum atomic E-state index is 13.9. The molecule has 1 atom stereocenters. The number of hydrogen-bond donors (Lipinski definition) is 1. The molecular formula is C19H21FN2O2S. The second-order valence-corrected chi connectivity index (χ2v) is 8.54. The first-order valence-corrected chi connectivity index (χ1v) is 9.76. The quantitative estimate of drug-likeness (QED) is 0.912. The van der Waals surface area contributed by atoms with Crippen LogP contribution in [0, 0.1) is 11.7 Å². The molecule has 2 aromatic rings. The number of benzene rings is 1. The Kier molecular flexibility index (Phi) is 3.38. The van der Waals surface area contributed by atoms with Crippen molar-refractivity contribution in [2.45, 2.75) is 37.3 Å². The van der Waals surface area contributed by atoms with E-state index in [9.17, 15) is 9.18 Å². The number of carbonyl (C=O) groups is 1. The van der Waals surface area contributed by atoms with E-state index in [0.29, 0.717) is 15.5 Å². The van der Waals surface area contributed by atoms with Gasteiger partial charge in [-0.1, -0.05) is 6.07 Å². The molecule has 1 N–H and O–H groups in total. The summed E-state index contributed by atoms with van der Waals surface area (Å²) in [7, 11) is 1.46. The Hall–Kier alpha value is -1.66. The first-order valence-electron chi connectivity index (χ1n) is 8.94. The molecule has 1 aliphatic carbocycles. The molecule has 0 radical (unpaired) electrons. The van der Waals surface area contributed by atoms with Crippen molar-refractivity contribution in [2.24, 2.45) is 5.92 Å². The number of nitrogens with zero attached hydrogens (tertiary/aromatic N) is 1. The lowest BCUT2D eigenvalue weighted by Gasteiger charge is -2.52. The predicted molar refractivity (Wildman–Crippen MR) is 95.9 cm³/mol. The molecule has 1 saturated carbocycles. The lowest BCUT2D eigenvalue weighted by Crippen LogP contribution is -2.65. The van der Waals surface area contributed by atoms with Crippen LogP contribution in [0.5, 0.6) is 5.75 Å². The molecule has 4 aliphatic rings. The lowest BCUT2D eigenvalue weighted by molar-refractivity contribution is -0.00138. The third kappa shape index (κ3) is 2.23.